The second kappa shape index (κ2) is 6.13. The highest BCUT2D eigenvalue weighted by molar-refractivity contribution is 5.27. The maximum atomic E-state index is 12.0. The van der Waals surface area contributed by atoms with Gasteiger partial charge < -0.3 is 9.15 Å². The van der Waals surface area contributed by atoms with Crippen molar-refractivity contribution in [1.82, 2.24) is 15.1 Å². The van der Waals surface area contributed by atoms with Gasteiger partial charge in [-0.25, -0.2) is 0 Å². The number of hydrogen-bond donors (Lipinski definition) is 0. The van der Waals surface area contributed by atoms with Gasteiger partial charge in [0.1, 0.15) is 5.75 Å². The van der Waals surface area contributed by atoms with Crippen LogP contribution in [-0.2, 0) is 13.1 Å². The molecule has 0 bridgehead atoms. The maximum absolute atomic E-state index is 12.0. The number of alkyl halides is 3. The molecule has 0 saturated carbocycles. The maximum Gasteiger partial charge on any atom is 0.573 e. The van der Waals surface area contributed by atoms with Crippen molar-refractivity contribution in [2.24, 2.45) is 0 Å². The van der Waals surface area contributed by atoms with E-state index in [-0.39, 0.29) is 5.75 Å². The van der Waals surface area contributed by atoms with Gasteiger partial charge in [-0.1, -0.05) is 12.1 Å². The van der Waals surface area contributed by atoms with Gasteiger partial charge in [-0.15, -0.1) is 23.4 Å². The number of aryl methyl sites for hydroxylation is 1. The third-order valence-corrected chi connectivity index (χ3v) is 2.58. The molecule has 0 fully saturated rings. The van der Waals surface area contributed by atoms with Gasteiger partial charge in [0.25, 0.3) is 0 Å². The van der Waals surface area contributed by atoms with Crippen molar-refractivity contribution in [3.8, 4) is 5.75 Å². The Labute approximate surface area is 119 Å². The molecule has 0 aliphatic heterocycles. The highest BCUT2D eigenvalue weighted by Gasteiger charge is 2.30. The minimum atomic E-state index is -4.67. The van der Waals surface area contributed by atoms with E-state index in [1.165, 1.54) is 12.1 Å². The van der Waals surface area contributed by atoms with Crippen LogP contribution in [0.15, 0.2) is 28.7 Å². The van der Waals surface area contributed by atoms with Gasteiger partial charge in [0.2, 0.25) is 11.8 Å². The molecule has 8 heteroatoms. The smallest absolute Gasteiger partial charge is 0.424 e. The van der Waals surface area contributed by atoms with Crippen molar-refractivity contribution in [2.75, 3.05) is 7.05 Å². The molecule has 0 N–H and O–H groups in total. The number of aromatic nitrogens is 2. The topological polar surface area (TPSA) is 51.4 Å². The third kappa shape index (κ3) is 5.07. The number of benzene rings is 1. The predicted octanol–water partition coefficient (Wildman–Crippen LogP) is 2.91. The first kappa shape index (κ1) is 15.3. The molecule has 0 amide bonds. The lowest BCUT2D eigenvalue weighted by Crippen LogP contribution is -2.18. The summed E-state index contributed by atoms with van der Waals surface area (Å²) in [5.41, 5.74) is 0.850. The zero-order valence-electron chi connectivity index (χ0n) is 11.5. The summed E-state index contributed by atoms with van der Waals surface area (Å²) >= 11 is 0. The van der Waals surface area contributed by atoms with Crippen LogP contribution in [0.3, 0.4) is 0 Å². The molecule has 0 aliphatic carbocycles. The SMILES string of the molecule is Cc1nnc(CN(C)Cc2ccc(OC(F)(F)F)cc2)o1. The van der Waals surface area contributed by atoms with E-state index in [2.05, 4.69) is 14.9 Å². The molecule has 1 heterocycles. The Morgan fingerprint density at radius 2 is 1.81 bits per heavy atom. The van der Waals surface area contributed by atoms with Crippen LogP contribution in [-0.4, -0.2) is 28.5 Å². The summed E-state index contributed by atoms with van der Waals surface area (Å²) in [6, 6.07) is 5.73. The largest absolute Gasteiger partial charge is 0.573 e. The number of halogens is 3. The Morgan fingerprint density at radius 3 is 2.33 bits per heavy atom. The zero-order valence-corrected chi connectivity index (χ0v) is 11.5. The Hall–Kier alpha value is -2.09. The van der Waals surface area contributed by atoms with E-state index in [9.17, 15) is 13.2 Å². The summed E-state index contributed by atoms with van der Waals surface area (Å²) < 4.78 is 45.2. The van der Waals surface area contributed by atoms with Crippen molar-refractivity contribution in [3.05, 3.63) is 41.6 Å². The molecular weight excluding hydrogens is 287 g/mol. The Bertz CT molecular complexity index is 581. The van der Waals surface area contributed by atoms with Gasteiger partial charge in [-0.3, -0.25) is 4.90 Å². The molecule has 114 valence electrons. The molecule has 1 aromatic carbocycles. The predicted molar refractivity (Wildman–Crippen MR) is 67.3 cm³/mol. The molecule has 0 radical (unpaired) electrons. The molecule has 0 unspecified atom stereocenters. The van der Waals surface area contributed by atoms with E-state index in [0.717, 1.165) is 5.56 Å². The summed E-state index contributed by atoms with van der Waals surface area (Å²) in [6.45, 7) is 2.70. The lowest BCUT2D eigenvalue weighted by Gasteiger charge is -2.15. The average molecular weight is 301 g/mol. The quantitative estimate of drug-likeness (QED) is 0.850. The van der Waals surface area contributed by atoms with E-state index in [1.807, 2.05) is 11.9 Å². The number of nitrogens with zero attached hydrogens (tertiary/aromatic N) is 3. The lowest BCUT2D eigenvalue weighted by atomic mass is 10.2. The minimum absolute atomic E-state index is 0.235. The van der Waals surface area contributed by atoms with Crippen molar-refractivity contribution >= 4 is 0 Å². The molecule has 5 nitrogen and oxygen atoms in total. The van der Waals surface area contributed by atoms with E-state index in [0.29, 0.717) is 24.9 Å². The molecule has 2 aromatic rings. The summed E-state index contributed by atoms with van der Waals surface area (Å²) in [5, 5.41) is 7.60. The first-order valence-electron chi connectivity index (χ1n) is 6.14. The number of rotatable bonds is 5. The molecule has 0 spiro atoms. The monoisotopic (exact) mass is 301 g/mol. The van der Waals surface area contributed by atoms with E-state index < -0.39 is 6.36 Å². The number of ether oxygens (including phenoxy) is 1. The van der Waals surface area contributed by atoms with E-state index >= 15 is 0 Å². The van der Waals surface area contributed by atoms with Crippen LogP contribution in [0.1, 0.15) is 17.3 Å². The normalized spacial score (nSPS) is 11.9. The zero-order chi connectivity index (χ0) is 15.5. The second-order valence-corrected chi connectivity index (χ2v) is 4.58. The molecule has 21 heavy (non-hydrogen) atoms. The first-order valence-corrected chi connectivity index (χ1v) is 6.14. The Kier molecular flexibility index (Phi) is 4.46. The summed E-state index contributed by atoms with van der Waals surface area (Å²) in [5.74, 6) is 0.750. The minimum Gasteiger partial charge on any atom is -0.424 e. The third-order valence-electron chi connectivity index (χ3n) is 2.58. The average Bonchev–Trinajstić information content (AvgIpc) is 2.75. The standard InChI is InChI=1S/C13H14F3N3O2/c1-9-17-18-12(20-9)8-19(2)7-10-3-5-11(6-4-10)21-13(14,15)16/h3-6H,7-8H2,1-2H3. The van der Waals surface area contributed by atoms with Gasteiger partial charge >= 0.3 is 6.36 Å². The molecule has 2 rings (SSSR count). The van der Waals surface area contributed by atoms with Crippen LogP contribution in [0.5, 0.6) is 5.75 Å². The van der Waals surface area contributed by atoms with Crippen LogP contribution in [0, 0.1) is 6.92 Å². The molecule has 0 aliphatic rings. The van der Waals surface area contributed by atoms with Crippen LogP contribution >= 0.6 is 0 Å². The van der Waals surface area contributed by atoms with Crippen molar-refractivity contribution < 1.29 is 22.3 Å². The fourth-order valence-corrected chi connectivity index (χ4v) is 1.80. The highest BCUT2D eigenvalue weighted by Crippen LogP contribution is 2.23. The lowest BCUT2D eigenvalue weighted by molar-refractivity contribution is -0.274. The van der Waals surface area contributed by atoms with Gasteiger partial charge in [0, 0.05) is 13.5 Å². The Balaban J connectivity index is 1.90. The molecule has 0 saturated heterocycles. The van der Waals surface area contributed by atoms with Gasteiger partial charge in [0.05, 0.1) is 6.54 Å². The van der Waals surface area contributed by atoms with Crippen LogP contribution < -0.4 is 4.74 Å². The van der Waals surface area contributed by atoms with E-state index in [1.54, 1.807) is 19.1 Å². The molecule has 0 atom stereocenters. The molecule has 1 aromatic heterocycles. The van der Waals surface area contributed by atoms with Crippen LogP contribution in [0.2, 0.25) is 0 Å². The van der Waals surface area contributed by atoms with Crippen molar-refractivity contribution in [2.45, 2.75) is 26.4 Å². The Morgan fingerprint density at radius 1 is 1.14 bits per heavy atom. The van der Waals surface area contributed by atoms with Crippen molar-refractivity contribution in [3.63, 3.8) is 0 Å². The summed E-state index contributed by atoms with van der Waals surface area (Å²) in [7, 11) is 1.85. The van der Waals surface area contributed by atoms with Crippen molar-refractivity contribution in [1.29, 1.82) is 0 Å². The van der Waals surface area contributed by atoms with Gasteiger partial charge in [0.15, 0.2) is 0 Å². The fourth-order valence-electron chi connectivity index (χ4n) is 1.80. The second-order valence-electron chi connectivity index (χ2n) is 4.58. The number of hydrogen-bond acceptors (Lipinski definition) is 5. The van der Waals surface area contributed by atoms with Crippen LogP contribution in [0.25, 0.3) is 0 Å². The highest BCUT2D eigenvalue weighted by atomic mass is 19.4. The summed E-state index contributed by atoms with van der Waals surface area (Å²) in [4.78, 5) is 1.91. The van der Waals surface area contributed by atoms with Gasteiger partial charge in [-0.2, -0.15) is 0 Å². The van der Waals surface area contributed by atoms with Crippen LogP contribution in [0.4, 0.5) is 13.2 Å². The summed E-state index contributed by atoms with van der Waals surface area (Å²) in [6.07, 6.45) is -4.67. The molecular formula is C13H14F3N3O2. The first-order chi connectivity index (χ1) is 9.82. The fraction of sp³-hybridized carbons (Fsp3) is 0.385. The van der Waals surface area contributed by atoms with Gasteiger partial charge in [-0.05, 0) is 24.7 Å². The van der Waals surface area contributed by atoms with E-state index in [4.69, 9.17) is 4.42 Å².